The van der Waals surface area contributed by atoms with Crippen LogP contribution >= 0.6 is 31.9 Å². The Kier molecular flexibility index (Phi) is 4.58. The molecule has 3 unspecified atom stereocenters. The van der Waals surface area contributed by atoms with Gasteiger partial charge in [0.15, 0.2) is 11.5 Å². The van der Waals surface area contributed by atoms with Gasteiger partial charge in [-0.2, -0.15) is 0 Å². The highest BCUT2D eigenvalue weighted by Gasteiger charge is 2.33. The van der Waals surface area contributed by atoms with E-state index in [1.807, 2.05) is 6.07 Å². The average Bonchev–Trinajstić information content (AvgIpc) is 2.72. The van der Waals surface area contributed by atoms with Gasteiger partial charge in [0.05, 0.1) is 19.3 Å². The van der Waals surface area contributed by atoms with Crippen LogP contribution in [0.4, 0.5) is 0 Å². The second-order valence-electron chi connectivity index (χ2n) is 5.30. The van der Waals surface area contributed by atoms with E-state index in [4.69, 9.17) is 14.2 Å². The molecule has 0 aliphatic carbocycles. The third kappa shape index (κ3) is 2.85. The Bertz CT molecular complexity index is 492. The molecule has 1 saturated heterocycles. The molecule has 0 bridgehead atoms. The monoisotopic (exact) mass is 404 g/mol. The van der Waals surface area contributed by atoms with Crippen LogP contribution in [0.15, 0.2) is 16.6 Å². The SMILES string of the molecule is CC1OCCC1C(Br)c1cc2c(cc1Br)OCCCO2. The molecule has 3 rings (SSSR count). The highest BCUT2D eigenvalue weighted by Crippen LogP contribution is 2.45. The van der Waals surface area contributed by atoms with Crippen LogP contribution in [-0.2, 0) is 4.74 Å². The van der Waals surface area contributed by atoms with E-state index < -0.39 is 0 Å². The Morgan fingerprint density at radius 1 is 1.15 bits per heavy atom. The van der Waals surface area contributed by atoms with E-state index >= 15 is 0 Å². The number of rotatable bonds is 2. The summed E-state index contributed by atoms with van der Waals surface area (Å²) in [6.07, 6.45) is 2.28. The van der Waals surface area contributed by atoms with Gasteiger partial charge < -0.3 is 14.2 Å². The maximum atomic E-state index is 5.79. The Morgan fingerprint density at radius 2 is 1.85 bits per heavy atom. The molecule has 0 spiro atoms. The third-order valence-corrected chi connectivity index (χ3v) is 5.83. The van der Waals surface area contributed by atoms with Gasteiger partial charge in [0.25, 0.3) is 0 Å². The maximum Gasteiger partial charge on any atom is 0.162 e. The van der Waals surface area contributed by atoms with Gasteiger partial charge in [0, 0.05) is 28.2 Å². The predicted octanol–water partition coefficient (Wildman–Crippen LogP) is 4.47. The van der Waals surface area contributed by atoms with E-state index in [2.05, 4.69) is 44.8 Å². The van der Waals surface area contributed by atoms with Gasteiger partial charge in [-0.05, 0) is 31.0 Å². The smallest absolute Gasteiger partial charge is 0.162 e. The van der Waals surface area contributed by atoms with E-state index in [1.54, 1.807) is 0 Å². The Morgan fingerprint density at radius 3 is 2.50 bits per heavy atom. The van der Waals surface area contributed by atoms with E-state index in [-0.39, 0.29) is 10.9 Å². The lowest BCUT2D eigenvalue weighted by Crippen LogP contribution is -2.16. The van der Waals surface area contributed by atoms with E-state index in [0.717, 1.165) is 35.4 Å². The number of halogens is 2. The van der Waals surface area contributed by atoms with Crippen molar-refractivity contribution in [2.75, 3.05) is 19.8 Å². The molecule has 0 saturated carbocycles. The summed E-state index contributed by atoms with van der Waals surface area (Å²) in [6.45, 7) is 4.41. The lowest BCUT2D eigenvalue weighted by molar-refractivity contribution is 0.105. The molecular formula is C15H18Br2O3. The molecule has 0 radical (unpaired) electrons. The van der Waals surface area contributed by atoms with Crippen molar-refractivity contribution in [2.45, 2.75) is 30.7 Å². The first kappa shape index (κ1) is 14.7. The van der Waals surface area contributed by atoms with Gasteiger partial charge in [0.2, 0.25) is 0 Å². The number of fused-ring (bicyclic) bond motifs is 1. The molecule has 0 N–H and O–H groups in total. The van der Waals surface area contributed by atoms with Gasteiger partial charge in [-0.3, -0.25) is 0 Å². The topological polar surface area (TPSA) is 27.7 Å². The molecule has 2 aliphatic rings. The Labute approximate surface area is 136 Å². The summed E-state index contributed by atoms with van der Waals surface area (Å²) in [5.74, 6) is 2.15. The fraction of sp³-hybridized carbons (Fsp3) is 0.600. The standard InChI is InChI=1S/C15H18Br2O3/c1-9-10(3-6-18-9)15(17)11-7-13-14(8-12(11)16)20-5-2-4-19-13/h7-10,15H,2-6H2,1H3. The first-order chi connectivity index (χ1) is 9.66. The largest absolute Gasteiger partial charge is 0.490 e. The average molecular weight is 406 g/mol. The van der Waals surface area contributed by atoms with Crippen LogP contribution in [0.3, 0.4) is 0 Å². The number of benzene rings is 1. The lowest BCUT2D eigenvalue weighted by Gasteiger charge is -2.23. The summed E-state index contributed by atoms with van der Waals surface area (Å²) in [7, 11) is 0. The van der Waals surface area contributed by atoms with Crippen LogP contribution in [0.25, 0.3) is 0 Å². The molecular weight excluding hydrogens is 388 g/mol. The molecule has 0 amide bonds. The molecule has 110 valence electrons. The summed E-state index contributed by atoms with van der Waals surface area (Å²) >= 11 is 7.51. The fourth-order valence-electron chi connectivity index (χ4n) is 2.77. The minimum Gasteiger partial charge on any atom is -0.490 e. The minimum absolute atomic E-state index is 0.256. The molecule has 3 nitrogen and oxygen atoms in total. The number of hydrogen-bond donors (Lipinski definition) is 0. The summed E-state index contributed by atoms with van der Waals surface area (Å²) in [4.78, 5) is 0.256. The van der Waals surface area contributed by atoms with Gasteiger partial charge in [0.1, 0.15) is 0 Å². The van der Waals surface area contributed by atoms with Crippen molar-refractivity contribution in [3.63, 3.8) is 0 Å². The molecule has 5 heteroatoms. The van der Waals surface area contributed by atoms with Crippen LogP contribution in [0.1, 0.15) is 30.2 Å². The van der Waals surface area contributed by atoms with E-state index in [0.29, 0.717) is 19.1 Å². The molecule has 1 fully saturated rings. The van der Waals surface area contributed by atoms with Gasteiger partial charge in [-0.25, -0.2) is 0 Å². The van der Waals surface area contributed by atoms with Crippen LogP contribution in [-0.4, -0.2) is 25.9 Å². The van der Waals surface area contributed by atoms with Gasteiger partial charge in [-0.15, -0.1) is 0 Å². The maximum absolute atomic E-state index is 5.79. The van der Waals surface area contributed by atoms with Crippen LogP contribution in [0, 0.1) is 5.92 Å². The fourth-order valence-corrected chi connectivity index (χ4v) is 4.72. The zero-order valence-corrected chi connectivity index (χ0v) is 14.6. The van der Waals surface area contributed by atoms with Crippen molar-refractivity contribution < 1.29 is 14.2 Å². The van der Waals surface area contributed by atoms with Crippen LogP contribution < -0.4 is 9.47 Å². The molecule has 20 heavy (non-hydrogen) atoms. The van der Waals surface area contributed by atoms with E-state index in [9.17, 15) is 0 Å². The van der Waals surface area contributed by atoms with E-state index in [1.165, 1.54) is 5.56 Å². The Balaban J connectivity index is 1.91. The predicted molar refractivity (Wildman–Crippen MR) is 84.9 cm³/mol. The second kappa shape index (κ2) is 6.24. The lowest BCUT2D eigenvalue weighted by atomic mass is 9.93. The van der Waals surface area contributed by atoms with Gasteiger partial charge >= 0.3 is 0 Å². The highest BCUT2D eigenvalue weighted by molar-refractivity contribution is 9.11. The number of ether oxygens (including phenoxy) is 3. The summed E-state index contributed by atoms with van der Waals surface area (Å²) in [5.41, 5.74) is 1.21. The number of alkyl halides is 1. The number of hydrogen-bond acceptors (Lipinski definition) is 3. The van der Waals surface area contributed by atoms with Crippen molar-refractivity contribution in [3.8, 4) is 11.5 Å². The molecule has 2 aliphatic heterocycles. The van der Waals surface area contributed by atoms with Gasteiger partial charge in [-0.1, -0.05) is 31.9 Å². The minimum atomic E-state index is 0.256. The van der Waals surface area contributed by atoms with Crippen molar-refractivity contribution in [3.05, 3.63) is 22.2 Å². The molecule has 2 heterocycles. The Hall–Kier alpha value is -0.260. The third-order valence-electron chi connectivity index (χ3n) is 3.97. The zero-order valence-electron chi connectivity index (χ0n) is 11.4. The zero-order chi connectivity index (χ0) is 14.1. The molecule has 0 aromatic heterocycles. The molecule has 3 atom stereocenters. The summed E-state index contributed by atoms with van der Waals surface area (Å²) in [5, 5.41) is 0. The first-order valence-corrected chi connectivity index (χ1v) is 8.72. The van der Waals surface area contributed by atoms with Crippen molar-refractivity contribution in [2.24, 2.45) is 5.92 Å². The summed E-state index contributed by atoms with van der Waals surface area (Å²) < 4.78 is 18.2. The molecule has 1 aromatic rings. The normalized spacial score (nSPS) is 27.1. The van der Waals surface area contributed by atoms with Crippen LogP contribution in [0.2, 0.25) is 0 Å². The van der Waals surface area contributed by atoms with Crippen molar-refractivity contribution in [1.29, 1.82) is 0 Å². The van der Waals surface area contributed by atoms with Crippen molar-refractivity contribution in [1.82, 2.24) is 0 Å². The highest BCUT2D eigenvalue weighted by atomic mass is 79.9. The quantitative estimate of drug-likeness (QED) is 0.679. The second-order valence-corrected chi connectivity index (χ2v) is 7.14. The van der Waals surface area contributed by atoms with Crippen LogP contribution in [0.5, 0.6) is 11.5 Å². The first-order valence-electron chi connectivity index (χ1n) is 7.01. The van der Waals surface area contributed by atoms with Crippen molar-refractivity contribution >= 4 is 31.9 Å². The molecule has 1 aromatic carbocycles. The summed E-state index contributed by atoms with van der Waals surface area (Å²) in [6, 6.07) is 4.11.